The van der Waals surface area contributed by atoms with Gasteiger partial charge in [-0.3, -0.25) is 0 Å². The van der Waals surface area contributed by atoms with Crippen LogP contribution >= 0.6 is 11.3 Å². The van der Waals surface area contributed by atoms with Crippen LogP contribution in [-0.4, -0.2) is 31.4 Å². The molecule has 0 radical (unpaired) electrons. The van der Waals surface area contributed by atoms with E-state index in [9.17, 15) is 4.79 Å². The zero-order valence-corrected chi connectivity index (χ0v) is 8.67. The molecular weight excluding hydrogens is 204 g/mol. The second kappa shape index (κ2) is 5.74. The van der Waals surface area contributed by atoms with Crippen molar-refractivity contribution in [2.24, 2.45) is 0 Å². The molecule has 0 aliphatic carbocycles. The third-order valence-electron chi connectivity index (χ3n) is 1.55. The first-order valence-electron chi connectivity index (χ1n) is 4.12. The van der Waals surface area contributed by atoms with Gasteiger partial charge in [0.1, 0.15) is 0 Å². The van der Waals surface area contributed by atoms with Gasteiger partial charge in [-0.15, -0.1) is 11.3 Å². The molecule has 0 aliphatic rings. The van der Waals surface area contributed by atoms with Crippen molar-refractivity contribution in [2.45, 2.75) is 6.61 Å². The topological polar surface area (TPSA) is 55.8 Å². The average Bonchev–Trinajstić information content (AvgIpc) is 2.66. The smallest absolute Gasteiger partial charge is 0.338 e. The molecular formula is C9H12O4S. The maximum atomic E-state index is 11.1. The molecule has 0 atom stereocenters. The highest BCUT2D eigenvalue weighted by atomic mass is 32.1. The van der Waals surface area contributed by atoms with Crippen LogP contribution in [0.4, 0.5) is 0 Å². The van der Waals surface area contributed by atoms with Crippen LogP contribution in [0, 0.1) is 0 Å². The first kappa shape index (κ1) is 11.2. The summed E-state index contributed by atoms with van der Waals surface area (Å²) < 4.78 is 9.67. The molecule has 0 aromatic carbocycles. The lowest BCUT2D eigenvalue weighted by Gasteiger charge is -1.97. The van der Waals surface area contributed by atoms with Crippen molar-refractivity contribution >= 4 is 17.3 Å². The van der Waals surface area contributed by atoms with Gasteiger partial charge in [0.15, 0.2) is 0 Å². The maximum Gasteiger partial charge on any atom is 0.338 e. The highest BCUT2D eigenvalue weighted by Crippen LogP contribution is 2.16. The minimum Gasteiger partial charge on any atom is -0.465 e. The molecule has 0 unspecified atom stereocenters. The monoisotopic (exact) mass is 216 g/mol. The van der Waals surface area contributed by atoms with Crippen LogP contribution in [0.1, 0.15) is 15.2 Å². The van der Waals surface area contributed by atoms with Gasteiger partial charge in [-0.05, 0) is 6.07 Å². The fraction of sp³-hybridized carbons (Fsp3) is 0.444. The molecule has 0 fully saturated rings. The number of hydrogen-bond acceptors (Lipinski definition) is 5. The predicted octanol–water partition coefficient (Wildman–Crippen LogP) is 1.04. The number of methoxy groups -OCH3 is 1. The minimum atomic E-state index is -0.338. The number of ether oxygens (including phenoxy) is 2. The number of rotatable bonds is 5. The van der Waals surface area contributed by atoms with E-state index in [0.29, 0.717) is 18.8 Å². The summed E-state index contributed by atoms with van der Waals surface area (Å²) in [4.78, 5) is 12.0. The fourth-order valence-electron chi connectivity index (χ4n) is 0.919. The number of carbonyl (C=O) groups is 1. The van der Waals surface area contributed by atoms with E-state index in [4.69, 9.17) is 9.84 Å². The molecule has 1 heterocycles. The van der Waals surface area contributed by atoms with E-state index in [1.54, 1.807) is 11.4 Å². The van der Waals surface area contributed by atoms with Gasteiger partial charge < -0.3 is 14.6 Å². The molecule has 1 N–H and O–H groups in total. The Labute approximate surface area is 86.1 Å². The molecule has 1 rings (SSSR count). The van der Waals surface area contributed by atoms with E-state index in [0.717, 1.165) is 4.88 Å². The van der Waals surface area contributed by atoms with Crippen LogP contribution in [0.2, 0.25) is 0 Å². The van der Waals surface area contributed by atoms with E-state index in [2.05, 4.69) is 4.74 Å². The van der Waals surface area contributed by atoms with Crippen molar-refractivity contribution in [3.63, 3.8) is 0 Å². The molecule has 14 heavy (non-hydrogen) atoms. The summed E-state index contributed by atoms with van der Waals surface area (Å²) in [7, 11) is 1.35. The van der Waals surface area contributed by atoms with Gasteiger partial charge >= 0.3 is 5.97 Å². The average molecular weight is 216 g/mol. The molecule has 0 spiro atoms. The molecule has 5 heteroatoms. The molecule has 0 saturated carbocycles. The second-order valence-electron chi connectivity index (χ2n) is 2.57. The van der Waals surface area contributed by atoms with Gasteiger partial charge in [0.05, 0.1) is 32.5 Å². The van der Waals surface area contributed by atoms with Gasteiger partial charge in [-0.25, -0.2) is 4.79 Å². The van der Waals surface area contributed by atoms with Crippen molar-refractivity contribution in [1.29, 1.82) is 0 Å². The van der Waals surface area contributed by atoms with Crippen molar-refractivity contribution in [3.8, 4) is 0 Å². The second-order valence-corrected chi connectivity index (χ2v) is 3.57. The largest absolute Gasteiger partial charge is 0.465 e. The molecule has 1 aromatic heterocycles. The lowest BCUT2D eigenvalue weighted by molar-refractivity contribution is 0.0600. The molecule has 1 aromatic rings. The first-order valence-corrected chi connectivity index (χ1v) is 5.00. The van der Waals surface area contributed by atoms with Gasteiger partial charge in [-0.1, -0.05) is 0 Å². The van der Waals surface area contributed by atoms with Crippen molar-refractivity contribution in [3.05, 3.63) is 21.9 Å². The highest BCUT2D eigenvalue weighted by molar-refractivity contribution is 7.10. The van der Waals surface area contributed by atoms with Crippen LogP contribution in [0.3, 0.4) is 0 Å². The lowest BCUT2D eigenvalue weighted by Crippen LogP contribution is -1.99. The van der Waals surface area contributed by atoms with Crippen LogP contribution in [0.25, 0.3) is 0 Å². The Morgan fingerprint density at radius 1 is 1.64 bits per heavy atom. The molecule has 0 amide bonds. The van der Waals surface area contributed by atoms with E-state index < -0.39 is 0 Å². The Balaban J connectivity index is 2.46. The number of thiophene rings is 1. The number of carbonyl (C=O) groups excluding carboxylic acids is 1. The van der Waals surface area contributed by atoms with Crippen LogP contribution in [0.5, 0.6) is 0 Å². The third kappa shape index (κ3) is 3.10. The Morgan fingerprint density at radius 3 is 3.07 bits per heavy atom. The fourth-order valence-corrected chi connectivity index (χ4v) is 1.71. The molecule has 0 aliphatic heterocycles. The Morgan fingerprint density at radius 2 is 2.43 bits per heavy atom. The standard InChI is InChI=1S/C9H12O4S/c1-12-9(11)7-4-8(14-6-7)5-13-3-2-10/h4,6,10H,2-3,5H2,1H3. The van der Waals surface area contributed by atoms with E-state index in [-0.39, 0.29) is 12.6 Å². The van der Waals surface area contributed by atoms with Gasteiger partial charge in [0, 0.05) is 10.3 Å². The number of aliphatic hydroxyl groups excluding tert-OH is 1. The number of esters is 1. The zero-order valence-electron chi connectivity index (χ0n) is 7.86. The van der Waals surface area contributed by atoms with Crippen molar-refractivity contribution < 1.29 is 19.4 Å². The van der Waals surface area contributed by atoms with Crippen molar-refractivity contribution in [2.75, 3.05) is 20.3 Å². The molecule has 0 bridgehead atoms. The predicted molar refractivity (Wildman–Crippen MR) is 52.4 cm³/mol. The summed E-state index contributed by atoms with van der Waals surface area (Å²) in [5.74, 6) is -0.338. The van der Waals surface area contributed by atoms with Crippen molar-refractivity contribution in [1.82, 2.24) is 0 Å². The summed E-state index contributed by atoms with van der Waals surface area (Å²) in [6.07, 6.45) is 0. The van der Waals surface area contributed by atoms with Crippen LogP contribution < -0.4 is 0 Å². The van der Waals surface area contributed by atoms with Crippen LogP contribution in [-0.2, 0) is 16.1 Å². The molecule has 4 nitrogen and oxygen atoms in total. The summed E-state index contributed by atoms with van der Waals surface area (Å²) in [5, 5.41) is 10.2. The van der Waals surface area contributed by atoms with E-state index in [1.807, 2.05) is 0 Å². The van der Waals surface area contributed by atoms with E-state index >= 15 is 0 Å². The number of hydrogen-bond donors (Lipinski definition) is 1. The molecule has 0 saturated heterocycles. The van der Waals surface area contributed by atoms with Gasteiger partial charge in [0.25, 0.3) is 0 Å². The SMILES string of the molecule is COC(=O)c1csc(COCCO)c1. The first-order chi connectivity index (χ1) is 6.77. The Hall–Kier alpha value is -0.910. The third-order valence-corrected chi connectivity index (χ3v) is 2.47. The van der Waals surface area contributed by atoms with E-state index in [1.165, 1.54) is 18.4 Å². The Bertz CT molecular complexity index is 295. The molecule has 78 valence electrons. The lowest BCUT2D eigenvalue weighted by atomic mass is 10.3. The maximum absolute atomic E-state index is 11.1. The van der Waals surface area contributed by atoms with Gasteiger partial charge in [0.2, 0.25) is 0 Å². The summed E-state index contributed by atoms with van der Waals surface area (Å²) in [6.45, 7) is 0.739. The summed E-state index contributed by atoms with van der Waals surface area (Å²) in [6, 6.07) is 1.73. The van der Waals surface area contributed by atoms with Crippen LogP contribution in [0.15, 0.2) is 11.4 Å². The van der Waals surface area contributed by atoms with Gasteiger partial charge in [-0.2, -0.15) is 0 Å². The zero-order chi connectivity index (χ0) is 10.4. The Kier molecular flexibility index (Phi) is 4.58. The normalized spacial score (nSPS) is 10.1. The summed E-state index contributed by atoms with van der Waals surface area (Å²) >= 11 is 1.44. The summed E-state index contributed by atoms with van der Waals surface area (Å²) in [5.41, 5.74) is 0.542. The minimum absolute atomic E-state index is 0.00916. The highest BCUT2D eigenvalue weighted by Gasteiger charge is 2.07. The number of aliphatic hydroxyl groups is 1. The quantitative estimate of drug-likeness (QED) is 0.590.